The van der Waals surface area contributed by atoms with Gasteiger partial charge in [0.15, 0.2) is 5.78 Å². The molecule has 1 aromatic heterocycles. The number of benzene rings is 1. The van der Waals surface area contributed by atoms with Crippen molar-refractivity contribution in [2.45, 2.75) is 70.1 Å². The average molecular weight is 487 g/mol. The van der Waals surface area contributed by atoms with E-state index in [2.05, 4.69) is 12.6 Å². The van der Waals surface area contributed by atoms with Crippen LogP contribution in [0.15, 0.2) is 48.2 Å². The van der Waals surface area contributed by atoms with Crippen molar-refractivity contribution in [3.8, 4) is 11.8 Å². The molecule has 0 N–H and O–H groups in total. The molecule has 35 heavy (non-hydrogen) atoms. The fourth-order valence-corrected chi connectivity index (χ4v) is 7.02. The normalized spacial score (nSPS) is 20.4. The molecule has 5 rings (SSSR count). The first-order valence-corrected chi connectivity index (χ1v) is 13.4. The molecule has 0 bridgehead atoms. The number of anilines is 1. The summed E-state index contributed by atoms with van der Waals surface area (Å²) in [6, 6.07) is 10.1. The summed E-state index contributed by atoms with van der Waals surface area (Å²) in [7, 11) is 0. The third-order valence-electron chi connectivity index (χ3n) is 7.29. The second-order valence-corrected chi connectivity index (χ2v) is 10.6. The zero-order valence-corrected chi connectivity index (χ0v) is 20.8. The number of allylic oxidation sites excluding steroid dienone is 2. The molecule has 0 unspecified atom stereocenters. The topological polar surface area (TPSA) is 70.4 Å². The molecule has 1 atom stereocenters. The number of ether oxygens (including phenoxy) is 1. The Balaban J connectivity index is 1.57. The van der Waals surface area contributed by atoms with Gasteiger partial charge in [-0.1, -0.05) is 37.6 Å². The number of thiophene rings is 1. The van der Waals surface area contributed by atoms with Gasteiger partial charge in [0.05, 0.1) is 5.56 Å². The molecule has 3 aliphatic rings. The largest absolute Gasteiger partial charge is 0.490 e. The molecule has 1 amide bonds. The number of carbonyl (C=O) groups is 2. The van der Waals surface area contributed by atoms with Crippen LogP contribution in [0, 0.1) is 11.3 Å². The number of aryl methyl sites for hydroxylation is 1. The van der Waals surface area contributed by atoms with E-state index in [9.17, 15) is 14.9 Å². The summed E-state index contributed by atoms with van der Waals surface area (Å²) in [4.78, 5) is 29.9. The van der Waals surface area contributed by atoms with Gasteiger partial charge in [-0.15, -0.1) is 11.3 Å². The van der Waals surface area contributed by atoms with Gasteiger partial charge in [0.1, 0.15) is 23.4 Å². The fraction of sp³-hybridized carbons (Fsp3) is 0.414. The predicted octanol–water partition coefficient (Wildman–Crippen LogP) is 6.37. The van der Waals surface area contributed by atoms with Crippen LogP contribution in [-0.4, -0.2) is 18.3 Å². The zero-order valence-electron chi connectivity index (χ0n) is 20.0. The lowest BCUT2D eigenvalue weighted by atomic mass is 9.77. The molecule has 1 aliphatic heterocycles. The van der Waals surface area contributed by atoms with E-state index in [1.165, 1.54) is 17.7 Å². The zero-order chi connectivity index (χ0) is 24.4. The molecule has 0 fully saturated rings. The molecule has 1 aromatic carbocycles. The van der Waals surface area contributed by atoms with Crippen molar-refractivity contribution in [2.24, 2.45) is 0 Å². The van der Waals surface area contributed by atoms with E-state index in [1.54, 1.807) is 22.3 Å². The number of rotatable bonds is 5. The molecule has 2 heterocycles. The summed E-state index contributed by atoms with van der Waals surface area (Å²) in [5.41, 5.74) is 4.28. The number of fused-ring (bicyclic) bond motifs is 1. The number of nitrogens with zero attached hydrogens (tertiary/aromatic N) is 2. The highest BCUT2D eigenvalue weighted by atomic mass is 32.1. The fourth-order valence-electron chi connectivity index (χ4n) is 5.64. The number of hydrogen-bond acceptors (Lipinski definition) is 5. The Morgan fingerprint density at radius 3 is 2.57 bits per heavy atom. The van der Waals surface area contributed by atoms with E-state index in [1.807, 2.05) is 24.3 Å². The number of amides is 1. The summed E-state index contributed by atoms with van der Waals surface area (Å²) >= 11 is 1.60. The van der Waals surface area contributed by atoms with E-state index in [0.717, 1.165) is 65.3 Å². The molecule has 6 heteroatoms. The van der Waals surface area contributed by atoms with Gasteiger partial charge in [0, 0.05) is 34.9 Å². The highest BCUT2D eigenvalue weighted by molar-refractivity contribution is 7.16. The molecule has 180 valence electrons. The second-order valence-electron chi connectivity index (χ2n) is 9.50. The maximum absolute atomic E-state index is 13.7. The van der Waals surface area contributed by atoms with E-state index in [4.69, 9.17) is 4.74 Å². The van der Waals surface area contributed by atoms with Crippen LogP contribution in [0.2, 0.25) is 0 Å². The van der Waals surface area contributed by atoms with Gasteiger partial charge < -0.3 is 4.74 Å². The van der Waals surface area contributed by atoms with Crippen LogP contribution in [-0.2, 0) is 22.4 Å². The molecule has 2 aliphatic carbocycles. The summed E-state index contributed by atoms with van der Waals surface area (Å²) in [5, 5.41) is 10.9. The summed E-state index contributed by atoms with van der Waals surface area (Å²) in [6.45, 7) is 4.10. The quantitative estimate of drug-likeness (QED) is 0.460. The molecule has 0 saturated carbocycles. The van der Waals surface area contributed by atoms with Crippen molar-refractivity contribution in [3.63, 3.8) is 0 Å². The van der Waals surface area contributed by atoms with Crippen molar-refractivity contribution in [2.75, 3.05) is 11.5 Å². The van der Waals surface area contributed by atoms with Crippen LogP contribution >= 0.6 is 11.3 Å². The first-order valence-electron chi connectivity index (χ1n) is 12.6. The van der Waals surface area contributed by atoms with Crippen LogP contribution in [0.4, 0.5) is 5.00 Å². The smallest absolute Gasteiger partial charge is 0.232 e. The lowest BCUT2D eigenvalue weighted by molar-refractivity contribution is -0.119. The summed E-state index contributed by atoms with van der Waals surface area (Å²) in [5.74, 6) is 0.563. The first-order chi connectivity index (χ1) is 17.1. The Morgan fingerprint density at radius 1 is 1.06 bits per heavy atom. The Kier molecular flexibility index (Phi) is 6.88. The standard InChI is InChI=1S/C29H30N2O3S/c1-2-16-34-20-14-12-19(13-15-20)22-17-27(33)31(24-9-7-10-25(32)28(22)24)29-23(18-30)21-8-5-3-4-6-11-26(21)35-29/h2,12-15,22H,1,3-11,16-17H2/t22-/m0/s1. The third-order valence-corrected chi connectivity index (χ3v) is 8.57. The Bertz CT molecular complexity index is 1230. The van der Waals surface area contributed by atoms with E-state index in [0.29, 0.717) is 25.0 Å². The molecule has 0 radical (unpaired) electrons. The molecule has 0 saturated heterocycles. The monoisotopic (exact) mass is 486 g/mol. The number of hydrogen-bond donors (Lipinski definition) is 0. The number of carbonyl (C=O) groups excluding carboxylic acids is 2. The van der Waals surface area contributed by atoms with Gasteiger partial charge >= 0.3 is 0 Å². The Labute approximate surface area is 210 Å². The molecule has 2 aromatic rings. The average Bonchev–Trinajstić information content (AvgIpc) is 3.18. The van der Waals surface area contributed by atoms with Gasteiger partial charge in [-0.3, -0.25) is 14.5 Å². The number of nitriles is 1. The second kappa shape index (κ2) is 10.2. The van der Waals surface area contributed by atoms with E-state index in [-0.39, 0.29) is 24.0 Å². The van der Waals surface area contributed by atoms with Crippen LogP contribution < -0.4 is 9.64 Å². The lowest BCUT2D eigenvalue weighted by Crippen LogP contribution is -2.40. The van der Waals surface area contributed by atoms with Gasteiger partial charge in [0.25, 0.3) is 0 Å². The SMILES string of the molecule is C=CCOc1ccc([C@@H]2CC(=O)N(c3sc4c(c3C#N)CCCCCC4)C3=C2C(=O)CCC3)cc1. The highest BCUT2D eigenvalue weighted by Crippen LogP contribution is 2.47. The Hall–Kier alpha value is -3.17. The van der Waals surface area contributed by atoms with Gasteiger partial charge in [-0.2, -0.15) is 5.26 Å². The predicted molar refractivity (Wildman–Crippen MR) is 138 cm³/mol. The van der Waals surface area contributed by atoms with Crippen molar-refractivity contribution >= 4 is 28.0 Å². The molecular formula is C29H30N2O3S. The lowest BCUT2D eigenvalue weighted by Gasteiger charge is -2.37. The van der Waals surface area contributed by atoms with Crippen LogP contribution in [0.25, 0.3) is 0 Å². The van der Waals surface area contributed by atoms with Crippen molar-refractivity contribution in [1.82, 2.24) is 0 Å². The van der Waals surface area contributed by atoms with Crippen molar-refractivity contribution in [3.05, 3.63) is 69.8 Å². The molecule has 0 spiro atoms. The van der Waals surface area contributed by atoms with Crippen molar-refractivity contribution < 1.29 is 14.3 Å². The third kappa shape index (κ3) is 4.46. The first kappa shape index (κ1) is 23.6. The minimum absolute atomic E-state index is 0.0267. The Morgan fingerprint density at radius 2 is 1.83 bits per heavy atom. The van der Waals surface area contributed by atoms with E-state index >= 15 is 0 Å². The maximum atomic E-state index is 13.7. The molecular weight excluding hydrogens is 456 g/mol. The summed E-state index contributed by atoms with van der Waals surface area (Å²) in [6.07, 6.45) is 10.3. The maximum Gasteiger partial charge on any atom is 0.232 e. The van der Waals surface area contributed by atoms with Crippen molar-refractivity contribution in [1.29, 1.82) is 5.26 Å². The molecule has 5 nitrogen and oxygen atoms in total. The van der Waals surface area contributed by atoms with Crippen LogP contribution in [0.5, 0.6) is 5.75 Å². The number of ketones is 1. The van der Waals surface area contributed by atoms with Crippen LogP contribution in [0.1, 0.15) is 78.9 Å². The van der Waals surface area contributed by atoms with Gasteiger partial charge in [-0.25, -0.2) is 0 Å². The van der Waals surface area contributed by atoms with E-state index < -0.39 is 0 Å². The minimum Gasteiger partial charge on any atom is -0.490 e. The highest BCUT2D eigenvalue weighted by Gasteiger charge is 2.41. The van der Waals surface area contributed by atoms with Gasteiger partial charge in [0.2, 0.25) is 5.91 Å². The summed E-state index contributed by atoms with van der Waals surface area (Å²) < 4.78 is 5.60. The number of Topliss-reactive ketones (excluding diaryl/α,β-unsaturated/α-hetero) is 1. The van der Waals surface area contributed by atoms with Gasteiger partial charge in [-0.05, 0) is 61.8 Å². The minimum atomic E-state index is -0.262. The van der Waals surface area contributed by atoms with Crippen LogP contribution in [0.3, 0.4) is 0 Å².